The Morgan fingerprint density at radius 2 is 0.618 bits per heavy atom. The second-order valence-electron chi connectivity index (χ2n) is 8.21. The lowest BCUT2D eigenvalue weighted by Crippen LogP contribution is -1.89. The average molecular weight is 443 g/mol. The van der Waals surface area contributed by atoms with Crippen LogP contribution in [0.15, 0.2) is 121 Å². The second-order valence-corrected chi connectivity index (χ2v) is 8.21. The monoisotopic (exact) mass is 442 g/mol. The van der Waals surface area contributed by atoms with Crippen molar-refractivity contribution < 1.29 is 9.47 Å². The Labute approximate surface area is 201 Å². The van der Waals surface area contributed by atoms with E-state index in [1.165, 1.54) is 11.1 Å². The molecule has 0 saturated heterocycles. The molecule has 0 aliphatic rings. The first-order valence-corrected chi connectivity index (χ1v) is 11.3. The lowest BCUT2D eigenvalue weighted by atomic mass is 9.95. The Morgan fingerprint density at radius 1 is 0.324 bits per heavy atom. The molecule has 0 spiro atoms. The number of hydrogen-bond donors (Lipinski definition) is 0. The molecule has 0 N–H and O–H groups in total. The van der Waals surface area contributed by atoms with Crippen LogP contribution in [0.5, 0.6) is 11.5 Å². The molecular formula is C32H26O2. The zero-order valence-corrected chi connectivity index (χ0v) is 19.4. The molecule has 0 unspecified atom stereocenters. The molecule has 0 bridgehead atoms. The van der Waals surface area contributed by atoms with Crippen molar-refractivity contribution in [1.29, 1.82) is 0 Å². The first kappa shape index (κ1) is 21.5. The summed E-state index contributed by atoms with van der Waals surface area (Å²) in [6.07, 6.45) is 0. The smallest absolute Gasteiger partial charge is 0.120 e. The van der Waals surface area contributed by atoms with E-state index in [1.54, 1.807) is 14.2 Å². The SMILES string of the molecule is COc1cc(-c2ccccc2)cc(-c2ccc(-c3cc(OC)cc(-c4ccccc4)c3)cc2)c1. The van der Waals surface area contributed by atoms with Crippen LogP contribution in [0.25, 0.3) is 44.5 Å². The molecule has 0 saturated carbocycles. The van der Waals surface area contributed by atoms with Gasteiger partial charge in [0.05, 0.1) is 14.2 Å². The molecule has 0 aliphatic carbocycles. The van der Waals surface area contributed by atoms with Crippen molar-refractivity contribution in [2.45, 2.75) is 0 Å². The summed E-state index contributed by atoms with van der Waals surface area (Å²) < 4.78 is 11.2. The summed E-state index contributed by atoms with van der Waals surface area (Å²) in [5.41, 5.74) is 9.16. The minimum atomic E-state index is 0.848. The third-order valence-electron chi connectivity index (χ3n) is 6.05. The number of benzene rings is 5. The highest BCUT2D eigenvalue weighted by Gasteiger charge is 2.09. The van der Waals surface area contributed by atoms with Gasteiger partial charge in [-0.05, 0) is 80.9 Å². The van der Waals surface area contributed by atoms with E-state index in [2.05, 4.69) is 109 Å². The van der Waals surface area contributed by atoms with Gasteiger partial charge in [0.15, 0.2) is 0 Å². The van der Waals surface area contributed by atoms with Crippen molar-refractivity contribution in [2.24, 2.45) is 0 Å². The molecule has 5 aromatic rings. The van der Waals surface area contributed by atoms with Gasteiger partial charge in [0.1, 0.15) is 11.5 Å². The Morgan fingerprint density at radius 3 is 0.912 bits per heavy atom. The maximum Gasteiger partial charge on any atom is 0.120 e. The fraction of sp³-hybridized carbons (Fsp3) is 0.0625. The molecule has 2 nitrogen and oxygen atoms in total. The van der Waals surface area contributed by atoms with E-state index in [9.17, 15) is 0 Å². The molecule has 2 heteroatoms. The van der Waals surface area contributed by atoms with Gasteiger partial charge in [0.25, 0.3) is 0 Å². The molecule has 34 heavy (non-hydrogen) atoms. The summed E-state index contributed by atoms with van der Waals surface area (Å²) in [4.78, 5) is 0. The van der Waals surface area contributed by atoms with Crippen LogP contribution in [0.4, 0.5) is 0 Å². The van der Waals surface area contributed by atoms with Gasteiger partial charge >= 0.3 is 0 Å². The summed E-state index contributed by atoms with van der Waals surface area (Å²) in [7, 11) is 3.42. The van der Waals surface area contributed by atoms with E-state index in [0.717, 1.165) is 44.9 Å². The third kappa shape index (κ3) is 4.57. The predicted molar refractivity (Wildman–Crippen MR) is 141 cm³/mol. The Bertz CT molecular complexity index is 1280. The van der Waals surface area contributed by atoms with E-state index < -0.39 is 0 Å². The minimum absolute atomic E-state index is 0.848. The zero-order chi connectivity index (χ0) is 23.3. The first-order chi connectivity index (χ1) is 16.7. The third-order valence-corrected chi connectivity index (χ3v) is 6.05. The van der Waals surface area contributed by atoms with Gasteiger partial charge in [0, 0.05) is 0 Å². The molecule has 0 atom stereocenters. The van der Waals surface area contributed by atoms with Crippen molar-refractivity contribution in [2.75, 3.05) is 14.2 Å². The fourth-order valence-electron chi connectivity index (χ4n) is 4.22. The van der Waals surface area contributed by atoms with Crippen LogP contribution < -0.4 is 9.47 Å². The van der Waals surface area contributed by atoms with Crippen LogP contribution in [0.2, 0.25) is 0 Å². The summed E-state index contributed by atoms with van der Waals surface area (Å²) in [5, 5.41) is 0. The van der Waals surface area contributed by atoms with Gasteiger partial charge in [-0.1, -0.05) is 84.9 Å². The van der Waals surface area contributed by atoms with Gasteiger partial charge in [-0.25, -0.2) is 0 Å². The topological polar surface area (TPSA) is 18.5 Å². The maximum atomic E-state index is 5.60. The molecule has 5 rings (SSSR count). The fourth-order valence-corrected chi connectivity index (χ4v) is 4.22. The Balaban J connectivity index is 1.51. The van der Waals surface area contributed by atoms with E-state index in [4.69, 9.17) is 9.47 Å². The molecule has 0 heterocycles. The lowest BCUT2D eigenvalue weighted by Gasteiger charge is -2.12. The van der Waals surface area contributed by atoms with E-state index in [1.807, 2.05) is 12.1 Å². The molecule has 0 radical (unpaired) electrons. The minimum Gasteiger partial charge on any atom is -0.497 e. The molecule has 0 amide bonds. The van der Waals surface area contributed by atoms with Crippen LogP contribution in [-0.2, 0) is 0 Å². The van der Waals surface area contributed by atoms with E-state index in [-0.39, 0.29) is 0 Å². The summed E-state index contributed by atoms with van der Waals surface area (Å²) in [6.45, 7) is 0. The van der Waals surface area contributed by atoms with Crippen molar-refractivity contribution >= 4 is 0 Å². The molecule has 0 aliphatic heterocycles. The van der Waals surface area contributed by atoms with Crippen molar-refractivity contribution in [3.05, 3.63) is 121 Å². The van der Waals surface area contributed by atoms with Gasteiger partial charge < -0.3 is 9.47 Å². The second kappa shape index (κ2) is 9.68. The standard InChI is InChI=1S/C32H26O2/c1-33-31-19-27(23-9-5-3-6-10-23)17-29(21-31)25-13-15-26(16-14-25)30-18-28(20-32(22-30)34-2)24-11-7-4-8-12-24/h3-22H,1-2H3. The molecule has 0 fully saturated rings. The zero-order valence-electron chi connectivity index (χ0n) is 19.4. The highest BCUT2D eigenvalue weighted by atomic mass is 16.5. The summed E-state index contributed by atoms with van der Waals surface area (Å²) in [5.74, 6) is 1.70. The Kier molecular flexibility index (Phi) is 6.13. The highest BCUT2D eigenvalue weighted by Crippen LogP contribution is 2.35. The maximum absolute atomic E-state index is 5.60. The van der Waals surface area contributed by atoms with E-state index in [0.29, 0.717) is 0 Å². The van der Waals surface area contributed by atoms with Crippen LogP contribution in [0, 0.1) is 0 Å². The highest BCUT2D eigenvalue weighted by molar-refractivity contribution is 5.79. The van der Waals surface area contributed by atoms with Crippen LogP contribution in [-0.4, -0.2) is 14.2 Å². The lowest BCUT2D eigenvalue weighted by molar-refractivity contribution is 0.415. The average Bonchev–Trinajstić information content (AvgIpc) is 2.93. The first-order valence-electron chi connectivity index (χ1n) is 11.3. The van der Waals surface area contributed by atoms with Crippen LogP contribution >= 0.6 is 0 Å². The number of hydrogen-bond acceptors (Lipinski definition) is 2. The summed E-state index contributed by atoms with van der Waals surface area (Å²) in [6, 6.07) is 42.2. The van der Waals surface area contributed by atoms with Gasteiger partial charge in [0.2, 0.25) is 0 Å². The van der Waals surface area contributed by atoms with Crippen molar-refractivity contribution in [3.63, 3.8) is 0 Å². The summed E-state index contributed by atoms with van der Waals surface area (Å²) >= 11 is 0. The quantitative estimate of drug-likeness (QED) is 0.263. The van der Waals surface area contributed by atoms with E-state index >= 15 is 0 Å². The van der Waals surface area contributed by atoms with Gasteiger partial charge in [-0.15, -0.1) is 0 Å². The molecular weight excluding hydrogens is 416 g/mol. The van der Waals surface area contributed by atoms with Gasteiger partial charge in [-0.2, -0.15) is 0 Å². The molecule has 5 aromatic carbocycles. The van der Waals surface area contributed by atoms with Gasteiger partial charge in [-0.3, -0.25) is 0 Å². The van der Waals surface area contributed by atoms with Crippen molar-refractivity contribution in [1.82, 2.24) is 0 Å². The molecule has 166 valence electrons. The number of ether oxygens (including phenoxy) is 2. The number of methoxy groups -OCH3 is 2. The predicted octanol–water partition coefficient (Wildman–Crippen LogP) is 8.37. The van der Waals surface area contributed by atoms with Crippen molar-refractivity contribution in [3.8, 4) is 56.0 Å². The Hall–Kier alpha value is -4.30. The number of rotatable bonds is 6. The van der Waals surface area contributed by atoms with Crippen LogP contribution in [0.3, 0.4) is 0 Å². The largest absolute Gasteiger partial charge is 0.497 e. The normalized spacial score (nSPS) is 10.6. The van der Waals surface area contributed by atoms with Crippen LogP contribution in [0.1, 0.15) is 0 Å². The molecule has 0 aromatic heterocycles.